The molecule has 2 aliphatic rings. The fourth-order valence-corrected chi connectivity index (χ4v) is 5.01. The number of carbonyl (C=O) groups excluding carboxylic acids is 1. The van der Waals surface area contributed by atoms with E-state index in [-0.39, 0.29) is 5.41 Å². The van der Waals surface area contributed by atoms with Gasteiger partial charge in [0.2, 0.25) is 0 Å². The van der Waals surface area contributed by atoms with Gasteiger partial charge in [-0.05, 0) is 55.8 Å². The Morgan fingerprint density at radius 3 is 2.75 bits per heavy atom. The van der Waals surface area contributed by atoms with E-state index in [1.54, 1.807) is 0 Å². The van der Waals surface area contributed by atoms with Crippen molar-refractivity contribution in [1.82, 2.24) is 0 Å². The summed E-state index contributed by atoms with van der Waals surface area (Å²) in [6.45, 7) is 9.56. The molecule has 0 radical (unpaired) electrons. The third kappa shape index (κ3) is 4.11. The van der Waals surface area contributed by atoms with Gasteiger partial charge in [0.1, 0.15) is 5.78 Å². The second-order valence-corrected chi connectivity index (χ2v) is 8.30. The number of hydrogen-bond acceptors (Lipinski definition) is 3. The van der Waals surface area contributed by atoms with Gasteiger partial charge in [-0.3, -0.25) is 4.79 Å². The van der Waals surface area contributed by atoms with Crippen molar-refractivity contribution in [3.63, 3.8) is 0 Å². The van der Waals surface area contributed by atoms with E-state index in [2.05, 4.69) is 26.0 Å². The van der Waals surface area contributed by atoms with Gasteiger partial charge in [0.05, 0.1) is 18.8 Å². The van der Waals surface area contributed by atoms with Crippen molar-refractivity contribution in [1.29, 1.82) is 0 Å². The molecule has 0 amide bonds. The van der Waals surface area contributed by atoms with E-state index in [1.165, 1.54) is 12.8 Å². The van der Waals surface area contributed by atoms with Gasteiger partial charge >= 0.3 is 0 Å². The van der Waals surface area contributed by atoms with Crippen molar-refractivity contribution in [3.8, 4) is 0 Å². The van der Waals surface area contributed by atoms with E-state index in [0.717, 1.165) is 32.1 Å². The predicted molar refractivity (Wildman–Crippen MR) is 97.8 cm³/mol. The number of aliphatic hydroxyl groups is 1. The summed E-state index contributed by atoms with van der Waals surface area (Å²) in [5, 5.41) is 10.2. The Balaban J connectivity index is 1.84. The number of Topliss-reactive ketones (excluding diaryl/α,β-unsaturated/α-hetero) is 1. The van der Waals surface area contributed by atoms with Crippen LogP contribution in [0.25, 0.3) is 0 Å². The summed E-state index contributed by atoms with van der Waals surface area (Å²) in [5.41, 5.74) is -0.487. The molecule has 2 aliphatic carbocycles. The predicted octanol–water partition coefficient (Wildman–Crippen LogP) is 4.53. The molecule has 2 rings (SSSR count). The van der Waals surface area contributed by atoms with E-state index in [1.807, 2.05) is 13.8 Å². The first-order valence-corrected chi connectivity index (χ1v) is 9.86. The fourth-order valence-electron chi connectivity index (χ4n) is 5.01. The second-order valence-electron chi connectivity index (χ2n) is 8.30. The lowest BCUT2D eigenvalue weighted by Gasteiger charge is -2.41. The molecule has 0 saturated heterocycles. The molecule has 24 heavy (non-hydrogen) atoms. The maximum absolute atomic E-state index is 12.2. The molecule has 138 valence electrons. The minimum absolute atomic E-state index is 0.199. The Morgan fingerprint density at radius 1 is 1.38 bits per heavy atom. The topological polar surface area (TPSA) is 46.5 Å². The largest absolute Gasteiger partial charge is 0.388 e. The van der Waals surface area contributed by atoms with Crippen LogP contribution in [0.1, 0.15) is 72.6 Å². The van der Waals surface area contributed by atoms with Crippen LogP contribution >= 0.6 is 0 Å². The zero-order chi connectivity index (χ0) is 17.8. The maximum Gasteiger partial charge on any atom is 0.136 e. The molecule has 0 aliphatic heterocycles. The van der Waals surface area contributed by atoms with Gasteiger partial charge in [-0.1, -0.05) is 39.8 Å². The Labute approximate surface area is 147 Å². The Hall–Kier alpha value is -0.670. The number of carbonyl (C=O) groups is 1. The van der Waals surface area contributed by atoms with Crippen molar-refractivity contribution in [3.05, 3.63) is 12.2 Å². The summed E-state index contributed by atoms with van der Waals surface area (Å²) in [6.07, 6.45) is 11.1. The summed E-state index contributed by atoms with van der Waals surface area (Å²) in [7, 11) is 0. The van der Waals surface area contributed by atoms with E-state index in [0.29, 0.717) is 36.8 Å². The molecule has 0 spiro atoms. The Bertz CT molecular complexity index is 452. The first-order chi connectivity index (χ1) is 11.4. The second kappa shape index (κ2) is 8.14. The third-order valence-corrected chi connectivity index (χ3v) is 6.91. The fraction of sp³-hybridized carbons (Fsp3) is 0.857. The molecule has 3 heteroatoms. The number of hydrogen-bond donors (Lipinski definition) is 1. The SMILES string of the molecule is CCC(O)(CC)COC/C=C/C(C)[C@H]1CC[C@@H]2C(=O)CCC[C@]21C. The highest BCUT2D eigenvalue weighted by molar-refractivity contribution is 5.83. The molecule has 1 N–H and O–H groups in total. The lowest BCUT2D eigenvalue weighted by molar-refractivity contribution is -0.129. The summed E-state index contributed by atoms with van der Waals surface area (Å²) in [6, 6.07) is 0. The molecule has 3 nitrogen and oxygen atoms in total. The smallest absolute Gasteiger partial charge is 0.136 e. The zero-order valence-electron chi connectivity index (χ0n) is 16.0. The van der Waals surface area contributed by atoms with Gasteiger partial charge in [0, 0.05) is 12.3 Å². The molecule has 0 heterocycles. The van der Waals surface area contributed by atoms with Gasteiger partial charge in [-0.2, -0.15) is 0 Å². The average Bonchev–Trinajstić information content (AvgIpc) is 2.92. The van der Waals surface area contributed by atoms with Crippen LogP contribution in [0.2, 0.25) is 0 Å². The molecule has 0 aromatic rings. The minimum Gasteiger partial charge on any atom is -0.388 e. The van der Waals surface area contributed by atoms with Crippen molar-refractivity contribution in [2.45, 2.75) is 78.2 Å². The highest BCUT2D eigenvalue weighted by Crippen LogP contribution is 2.56. The number of ether oxygens (including phenoxy) is 1. The van der Waals surface area contributed by atoms with E-state index in [9.17, 15) is 9.90 Å². The van der Waals surface area contributed by atoms with Crippen LogP contribution in [0.4, 0.5) is 0 Å². The highest BCUT2D eigenvalue weighted by atomic mass is 16.5. The van der Waals surface area contributed by atoms with E-state index >= 15 is 0 Å². The standard InChI is InChI=1S/C21H36O3/c1-5-21(23,6-2)15-24-14-8-9-16(3)17-11-12-18-19(22)10-7-13-20(17,18)4/h8-9,16-18,23H,5-7,10-15H2,1-4H3/b9-8+/t16?,17-,18-,20+/m1/s1. The minimum atomic E-state index is -0.686. The first-order valence-electron chi connectivity index (χ1n) is 9.86. The highest BCUT2D eigenvalue weighted by Gasteiger charge is 2.51. The molecule has 1 unspecified atom stereocenters. The molecular formula is C21H36O3. The van der Waals surface area contributed by atoms with Crippen LogP contribution in [-0.2, 0) is 9.53 Å². The number of ketones is 1. The summed E-state index contributed by atoms with van der Waals surface area (Å²) in [5.74, 6) is 1.88. The van der Waals surface area contributed by atoms with Gasteiger partial charge in [0.15, 0.2) is 0 Å². The number of rotatable bonds is 8. The van der Waals surface area contributed by atoms with Crippen LogP contribution in [0, 0.1) is 23.2 Å². The molecular weight excluding hydrogens is 300 g/mol. The van der Waals surface area contributed by atoms with E-state index in [4.69, 9.17) is 4.74 Å². The maximum atomic E-state index is 12.2. The van der Waals surface area contributed by atoms with Crippen LogP contribution in [0.3, 0.4) is 0 Å². The van der Waals surface area contributed by atoms with Crippen molar-refractivity contribution in [2.75, 3.05) is 13.2 Å². The number of fused-ring (bicyclic) bond motifs is 1. The van der Waals surface area contributed by atoms with Crippen LogP contribution in [0.5, 0.6) is 0 Å². The zero-order valence-corrected chi connectivity index (χ0v) is 16.0. The van der Waals surface area contributed by atoms with Crippen LogP contribution in [0.15, 0.2) is 12.2 Å². The third-order valence-electron chi connectivity index (χ3n) is 6.91. The molecule has 2 fully saturated rings. The van der Waals surface area contributed by atoms with Crippen LogP contribution in [-0.4, -0.2) is 29.7 Å². The normalized spacial score (nSPS) is 32.3. The Kier molecular flexibility index (Phi) is 6.66. The first kappa shape index (κ1) is 19.7. The lowest BCUT2D eigenvalue weighted by atomic mass is 9.62. The molecule has 0 bridgehead atoms. The van der Waals surface area contributed by atoms with Gasteiger partial charge in [-0.15, -0.1) is 0 Å². The van der Waals surface area contributed by atoms with Gasteiger partial charge in [0.25, 0.3) is 0 Å². The molecule has 0 aromatic heterocycles. The number of allylic oxidation sites excluding steroid dienone is 1. The molecule has 0 aromatic carbocycles. The van der Waals surface area contributed by atoms with E-state index < -0.39 is 5.60 Å². The van der Waals surface area contributed by atoms with Crippen LogP contribution < -0.4 is 0 Å². The lowest BCUT2D eigenvalue weighted by Crippen LogP contribution is -2.39. The molecule has 2 saturated carbocycles. The van der Waals surface area contributed by atoms with Gasteiger partial charge < -0.3 is 9.84 Å². The van der Waals surface area contributed by atoms with Crippen molar-refractivity contribution in [2.24, 2.45) is 23.2 Å². The van der Waals surface area contributed by atoms with Gasteiger partial charge in [-0.25, -0.2) is 0 Å². The molecule has 4 atom stereocenters. The average molecular weight is 337 g/mol. The summed E-state index contributed by atoms with van der Waals surface area (Å²) in [4.78, 5) is 12.2. The Morgan fingerprint density at radius 2 is 2.08 bits per heavy atom. The summed E-state index contributed by atoms with van der Waals surface area (Å²) >= 11 is 0. The monoisotopic (exact) mass is 336 g/mol. The summed E-state index contributed by atoms with van der Waals surface area (Å²) < 4.78 is 5.65. The van der Waals surface area contributed by atoms with Crippen molar-refractivity contribution >= 4 is 5.78 Å². The quantitative estimate of drug-likeness (QED) is 0.523. The van der Waals surface area contributed by atoms with Crippen molar-refractivity contribution < 1.29 is 14.6 Å².